The van der Waals surface area contributed by atoms with Gasteiger partial charge >= 0.3 is 6.03 Å². The predicted molar refractivity (Wildman–Crippen MR) is 43.5 cm³/mol. The normalized spacial score (nSPS) is 40.1. The van der Waals surface area contributed by atoms with Crippen LogP contribution in [0.25, 0.3) is 0 Å². The molecule has 2 heterocycles. The SMILES string of the molecule is NC(=O)N1[C@@H]2CC[C@@H]1CC(O)C2. The van der Waals surface area contributed by atoms with Gasteiger partial charge in [-0.1, -0.05) is 0 Å². The fraction of sp³-hybridized carbons (Fsp3) is 0.875. The Bertz CT molecular complexity index is 193. The topological polar surface area (TPSA) is 66.6 Å². The van der Waals surface area contributed by atoms with Crippen LogP contribution in [0.2, 0.25) is 0 Å². The molecule has 0 aromatic heterocycles. The Morgan fingerprint density at radius 2 is 1.83 bits per heavy atom. The van der Waals surface area contributed by atoms with E-state index in [4.69, 9.17) is 5.73 Å². The van der Waals surface area contributed by atoms with Crippen LogP contribution in [0.5, 0.6) is 0 Å². The number of rotatable bonds is 0. The summed E-state index contributed by atoms with van der Waals surface area (Å²) >= 11 is 0. The molecular formula is C8H14N2O2. The van der Waals surface area contributed by atoms with Crippen LogP contribution in [-0.2, 0) is 0 Å². The van der Waals surface area contributed by atoms with E-state index < -0.39 is 0 Å². The smallest absolute Gasteiger partial charge is 0.315 e. The standard InChI is InChI=1S/C8H14N2O2/c9-8(12)10-5-1-2-6(10)4-7(11)3-5/h5-7,11H,1-4H2,(H2,9,12)/t5-,6-/m1/s1. The van der Waals surface area contributed by atoms with Crippen LogP contribution < -0.4 is 5.73 Å². The number of carbonyl (C=O) groups is 1. The first kappa shape index (κ1) is 7.86. The molecule has 0 spiro atoms. The fourth-order valence-corrected chi connectivity index (χ4v) is 2.51. The zero-order valence-corrected chi connectivity index (χ0v) is 6.94. The predicted octanol–water partition coefficient (Wildman–Crippen LogP) is 0.0528. The first-order valence-corrected chi connectivity index (χ1v) is 4.44. The molecule has 3 N–H and O–H groups in total. The van der Waals surface area contributed by atoms with Crippen LogP contribution in [0.15, 0.2) is 0 Å². The number of urea groups is 1. The molecule has 2 aliphatic rings. The average molecular weight is 170 g/mol. The number of hydrogen-bond donors (Lipinski definition) is 2. The van der Waals surface area contributed by atoms with Crippen LogP contribution in [0, 0.1) is 0 Å². The fourth-order valence-electron chi connectivity index (χ4n) is 2.51. The average Bonchev–Trinajstić information content (AvgIpc) is 2.24. The number of carbonyl (C=O) groups excluding carboxylic acids is 1. The van der Waals surface area contributed by atoms with Crippen molar-refractivity contribution in [2.45, 2.75) is 43.9 Å². The summed E-state index contributed by atoms with van der Waals surface area (Å²) < 4.78 is 0. The lowest BCUT2D eigenvalue weighted by Gasteiger charge is -2.35. The van der Waals surface area contributed by atoms with Crippen molar-refractivity contribution in [1.29, 1.82) is 0 Å². The van der Waals surface area contributed by atoms with Crippen molar-refractivity contribution in [3.63, 3.8) is 0 Å². The maximum absolute atomic E-state index is 11.0. The highest BCUT2D eigenvalue weighted by Crippen LogP contribution is 2.35. The third kappa shape index (κ3) is 1.06. The summed E-state index contributed by atoms with van der Waals surface area (Å²) in [4.78, 5) is 12.7. The second-order valence-electron chi connectivity index (χ2n) is 3.76. The highest BCUT2D eigenvalue weighted by molar-refractivity contribution is 5.73. The van der Waals surface area contributed by atoms with E-state index in [1.54, 1.807) is 4.90 Å². The van der Waals surface area contributed by atoms with E-state index in [9.17, 15) is 9.90 Å². The van der Waals surface area contributed by atoms with Crippen molar-refractivity contribution < 1.29 is 9.90 Å². The minimum atomic E-state index is -0.325. The Balaban J connectivity index is 2.14. The van der Waals surface area contributed by atoms with Gasteiger partial charge in [-0.05, 0) is 25.7 Å². The number of aliphatic hydroxyl groups is 1. The van der Waals surface area contributed by atoms with Gasteiger partial charge in [0.05, 0.1) is 6.10 Å². The molecule has 2 bridgehead atoms. The van der Waals surface area contributed by atoms with E-state index >= 15 is 0 Å². The quantitative estimate of drug-likeness (QED) is 0.539. The van der Waals surface area contributed by atoms with E-state index in [0.29, 0.717) is 12.8 Å². The van der Waals surface area contributed by atoms with E-state index in [0.717, 1.165) is 12.8 Å². The molecule has 2 rings (SSSR count). The molecule has 0 unspecified atom stereocenters. The molecule has 4 heteroatoms. The van der Waals surface area contributed by atoms with Crippen molar-refractivity contribution in [2.75, 3.05) is 0 Å². The number of fused-ring (bicyclic) bond motifs is 2. The Morgan fingerprint density at radius 3 is 2.25 bits per heavy atom. The van der Waals surface area contributed by atoms with E-state index in [-0.39, 0.29) is 24.2 Å². The second kappa shape index (κ2) is 2.62. The number of piperidine rings is 1. The lowest BCUT2D eigenvalue weighted by atomic mass is 10.0. The van der Waals surface area contributed by atoms with Crippen molar-refractivity contribution in [1.82, 2.24) is 4.90 Å². The third-order valence-electron chi connectivity index (χ3n) is 2.96. The number of amides is 2. The Labute approximate surface area is 71.3 Å². The molecule has 2 amide bonds. The van der Waals surface area contributed by atoms with Gasteiger partial charge in [0.2, 0.25) is 0 Å². The summed E-state index contributed by atoms with van der Waals surface area (Å²) in [7, 11) is 0. The van der Waals surface area contributed by atoms with Gasteiger partial charge in [0, 0.05) is 12.1 Å². The van der Waals surface area contributed by atoms with Crippen LogP contribution in [0.4, 0.5) is 4.79 Å². The first-order chi connectivity index (χ1) is 5.68. The molecule has 0 aromatic carbocycles. The van der Waals surface area contributed by atoms with Crippen LogP contribution in [-0.4, -0.2) is 34.2 Å². The second-order valence-corrected chi connectivity index (χ2v) is 3.76. The van der Waals surface area contributed by atoms with Gasteiger partial charge in [0.15, 0.2) is 0 Å². The van der Waals surface area contributed by atoms with Gasteiger partial charge in [-0.25, -0.2) is 4.79 Å². The van der Waals surface area contributed by atoms with Gasteiger partial charge in [-0.3, -0.25) is 0 Å². The molecule has 4 nitrogen and oxygen atoms in total. The Kier molecular flexibility index (Phi) is 1.72. The molecule has 0 radical (unpaired) electrons. The summed E-state index contributed by atoms with van der Waals surface area (Å²) in [6, 6.07) is 0.0851. The molecule has 0 saturated carbocycles. The number of nitrogens with two attached hydrogens (primary N) is 1. The number of nitrogens with zero attached hydrogens (tertiary/aromatic N) is 1. The highest BCUT2D eigenvalue weighted by atomic mass is 16.3. The lowest BCUT2D eigenvalue weighted by Crippen LogP contribution is -2.50. The maximum atomic E-state index is 11.0. The third-order valence-corrected chi connectivity index (χ3v) is 2.96. The summed E-state index contributed by atoms with van der Waals surface area (Å²) in [6.07, 6.45) is 3.20. The summed E-state index contributed by atoms with van der Waals surface area (Å²) in [5, 5.41) is 9.41. The minimum Gasteiger partial charge on any atom is -0.393 e. The van der Waals surface area contributed by atoms with Gasteiger partial charge in [-0.2, -0.15) is 0 Å². The Hall–Kier alpha value is -0.770. The number of hydrogen-bond acceptors (Lipinski definition) is 2. The zero-order valence-electron chi connectivity index (χ0n) is 6.94. The van der Waals surface area contributed by atoms with E-state index in [1.807, 2.05) is 0 Å². The van der Waals surface area contributed by atoms with Crippen LogP contribution in [0.1, 0.15) is 25.7 Å². The van der Waals surface area contributed by atoms with Crippen LogP contribution in [0.3, 0.4) is 0 Å². The minimum absolute atomic E-state index is 0.205. The van der Waals surface area contributed by atoms with Crippen molar-refractivity contribution >= 4 is 6.03 Å². The molecule has 2 atom stereocenters. The lowest BCUT2D eigenvalue weighted by molar-refractivity contribution is 0.0568. The largest absolute Gasteiger partial charge is 0.393 e. The Morgan fingerprint density at radius 1 is 1.33 bits per heavy atom. The molecule has 68 valence electrons. The first-order valence-electron chi connectivity index (χ1n) is 4.44. The van der Waals surface area contributed by atoms with Gasteiger partial charge in [0.25, 0.3) is 0 Å². The molecule has 0 aliphatic carbocycles. The summed E-state index contributed by atoms with van der Waals surface area (Å²) in [5.41, 5.74) is 5.24. The van der Waals surface area contributed by atoms with Crippen molar-refractivity contribution in [3.05, 3.63) is 0 Å². The molecule has 2 saturated heterocycles. The molecule has 12 heavy (non-hydrogen) atoms. The van der Waals surface area contributed by atoms with Gasteiger partial charge < -0.3 is 15.7 Å². The van der Waals surface area contributed by atoms with Gasteiger partial charge in [-0.15, -0.1) is 0 Å². The molecule has 0 aromatic rings. The number of aliphatic hydroxyl groups excluding tert-OH is 1. The highest BCUT2D eigenvalue weighted by Gasteiger charge is 2.41. The molecule has 2 aliphatic heterocycles. The molecular weight excluding hydrogens is 156 g/mol. The van der Waals surface area contributed by atoms with E-state index in [2.05, 4.69) is 0 Å². The van der Waals surface area contributed by atoms with Crippen LogP contribution >= 0.6 is 0 Å². The summed E-state index contributed by atoms with van der Waals surface area (Å²) in [6.45, 7) is 0. The molecule has 2 fully saturated rings. The summed E-state index contributed by atoms with van der Waals surface area (Å²) in [5.74, 6) is 0. The zero-order chi connectivity index (χ0) is 8.72. The maximum Gasteiger partial charge on any atom is 0.315 e. The van der Waals surface area contributed by atoms with Gasteiger partial charge in [0.1, 0.15) is 0 Å². The van der Waals surface area contributed by atoms with Crippen molar-refractivity contribution in [3.8, 4) is 0 Å². The van der Waals surface area contributed by atoms with Crippen molar-refractivity contribution in [2.24, 2.45) is 5.73 Å². The van der Waals surface area contributed by atoms with E-state index in [1.165, 1.54) is 0 Å². The number of primary amides is 1. The monoisotopic (exact) mass is 170 g/mol.